The van der Waals surface area contributed by atoms with Gasteiger partial charge in [-0.05, 0) is 10.5 Å². The van der Waals surface area contributed by atoms with Crippen LogP contribution in [0.15, 0.2) is 10.2 Å². The SMILES string of the molecule is CCCCC(O)C=CI. The number of halogens is 1. The molecule has 0 spiro atoms. The maximum Gasteiger partial charge on any atom is 0.0728 e. The summed E-state index contributed by atoms with van der Waals surface area (Å²) in [6, 6.07) is 0. The number of hydrogen-bond donors (Lipinski definition) is 1. The van der Waals surface area contributed by atoms with Gasteiger partial charge in [0.1, 0.15) is 0 Å². The van der Waals surface area contributed by atoms with Gasteiger partial charge in [-0.1, -0.05) is 48.4 Å². The van der Waals surface area contributed by atoms with Crippen molar-refractivity contribution in [2.45, 2.75) is 32.3 Å². The average molecular weight is 240 g/mol. The third kappa shape index (κ3) is 6.31. The molecule has 1 atom stereocenters. The molecule has 0 fully saturated rings. The molecule has 0 saturated carbocycles. The summed E-state index contributed by atoms with van der Waals surface area (Å²) in [5.74, 6) is 0. The summed E-state index contributed by atoms with van der Waals surface area (Å²) >= 11 is 2.11. The molecule has 0 rings (SSSR count). The van der Waals surface area contributed by atoms with Crippen molar-refractivity contribution in [3.8, 4) is 0 Å². The van der Waals surface area contributed by atoms with Gasteiger partial charge < -0.3 is 5.11 Å². The van der Waals surface area contributed by atoms with Crippen molar-refractivity contribution in [2.24, 2.45) is 0 Å². The minimum atomic E-state index is -0.221. The second-order valence-electron chi connectivity index (χ2n) is 2.03. The van der Waals surface area contributed by atoms with E-state index in [1.54, 1.807) is 0 Å². The molecule has 0 radical (unpaired) electrons. The Morgan fingerprint density at radius 3 is 2.78 bits per heavy atom. The Bertz CT molecular complexity index is 81.0. The highest BCUT2D eigenvalue weighted by atomic mass is 127. The van der Waals surface area contributed by atoms with Crippen molar-refractivity contribution in [3.05, 3.63) is 10.2 Å². The summed E-state index contributed by atoms with van der Waals surface area (Å²) in [4.78, 5) is 0. The van der Waals surface area contributed by atoms with Crippen LogP contribution < -0.4 is 0 Å². The quantitative estimate of drug-likeness (QED) is 0.748. The van der Waals surface area contributed by atoms with Gasteiger partial charge >= 0.3 is 0 Å². The normalized spacial score (nSPS) is 14.6. The van der Waals surface area contributed by atoms with Gasteiger partial charge in [-0.3, -0.25) is 0 Å². The monoisotopic (exact) mass is 240 g/mol. The first kappa shape index (κ1) is 9.43. The highest BCUT2D eigenvalue weighted by Crippen LogP contribution is 2.02. The zero-order chi connectivity index (χ0) is 7.11. The van der Waals surface area contributed by atoms with Gasteiger partial charge in [-0.25, -0.2) is 0 Å². The third-order valence-electron chi connectivity index (χ3n) is 1.15. The van der Waals surface area contributed by atoms with E-state index in [2.05, 4.69) is 29.5 Å². The summed E-state index contributed by atoms with van der Waals surface area (Å²) in [5, 5.41) is 9.09. The van der Waals surface area contributed by atoms with E-state index in [0.29, 0.717) is 0 Å². The Balaban J connectivity index is 3.15. The van der Waals surface area contributed by atoms with Crippen molar-refractivity contribution in [1.29, 1.82) is 0 Å². The lowest BCUT2D eigenvalue weighted by Gasteiger charge is -2.01. The first-order valence-electron chi connectivity index (χ1n) is 3.26. The lowest BCUT2D eigenvalue weighted by atomic mass is 10.2. The minimum absolute atomic E-state index is 0.221. The van der Waals surface area contributed by atoms with Crippen molar-refractivity contribution in [3.63, 3.8) is 0 Å². The number of unbranched alkanes of at least 4 members (excludes halogenated alkanes) is 1. The third-order valence-corrected chi connectivity index (χ3v) is 1.56. The zero-order valence-electron chi connectivity index (χ0n) is 5.68. The van der Waals surface area contributed by atoms with Crippen LogP contribution >= 0.6 is 22.6 Å². The number of aliphatic hydroxyl groups excluding tert-OH is 1. The molecular formula is C7H13IO. The molecule has 54 valence electrons. The first-order chi connectivity index (χ1) is 4.31. The summed E-state index contributed by atoms with van der Waals surface area (Å²) in [6.45, 7) is 2.13. The Morgan fingerprint density at radius 2 is 2.33 bits per heavy atom. The van der Waals surface area contributed by atoms with Crippen LogP contribution in [0.1, 0.15) is 26.2 Å². The standard InChI is InChI=1S/C7H13IO/c1-2-3-4-7(9)5-6-8/h5-7,9H,2-4H2,1H3. The predicted octanol–water partition coefficient (Wildman–Crippen LogP) is 2.49. The van der Waals surface area contributed by atoms with E-state index in [4.69, 9.17) is 5.11 Å². The predicted molar refractivity (Wildman–Crippen MR) is 48.7 cm³/mol. The van der Waals surface area contributed by atoms with Crippen LogP contribution in [0, 0.1) is 0 Å². The fourth-order valence-electron chi connectivity index (χ4n) is 0.593. The molecule has 0 aliphatic heterocycles. The molecule has 0 amide bonds. The molecule has 0 aromatic carbocycles. The van der Waals surface area contributed by atoms with Crippen LogP contribution in [0.3, 0.4) is 0 Å². The van der Waals surface area contributed by atoms with E-state index >= 15 is 0 Å². The summed E-state index contributed by atoms with van der Waals surface area (Å²) < 4.78 is 1.86. The molecule has 0 bridgehead atoms. The van der Waals surface area contributed by atoms with Crippen LogP contribution in [-0.4, -0.2) is 11.2 Å². The van der Waals surface area contributed by atoms with E-state index in [-0.39, 0.29) is 6.10 Å². The van der Waals surface area contributed by atoms with Crippen LogP contribution in [0.2, 0.25) is 0 Å². The lowest BCUT2D eigenvalue weighted by Crippen LogP contribution is -1.99. The van der Waals surface area contributed by atoms with Gasteiger partial charge in [-0.15, -0.1) is 0 Å². The Labute approximate surface area is 70.3 Å². The Morgan fingerprint density at radius 1 is 1.67 bits per heavy atom. The summed E-state index contributed by atoms with van der Waals surface area (Å²) in [6.07, 6.45) is 4.77. The van der Waals surface area contributed by atoms with Gasteiger partial charge in [0, 0.05) is 0 Å². The van der Waals surface area contributed by atoms with E-state index in [9.17, 15) is 0 Å². The van der Waals surface area contributed by atoms with Gasteiger partial charge in [0.05, 0.1) is 6.10 Å². The van der Waals surface area contributed by atoms with E-state index in [0.717, 1.165) is 19.3 Å². The van der Waals surface area contributed by atoms with Crippen LogP contribution in [0.4, 0.5) is 0 Å². The fourth-order valence-corrected chi connectivity index (χ4v) is 1.07. The number of rotatable bonds is 4. The van der Waals surface area contributed by atoms with E-state index < -0.39 is 0 Å². The largest absolute Gasteiger partial charge is 0.389 e. The van der Waals surface area contributed by atoms with E-state index in [1.165, 1.54) is 0 Å². The van der Waals surface area contributed by atoms with Crippen molar-refractivity contribution in [1.82, 2.24) is 0 Å². The smallest absolute Gasteiger partial charge is 0.0728 e. The molecule has 0 aliphatic carbocycles. The second kappa shape index (κ2) is 6.55. The van der Waals surface area contributed by atoms with Gasteiger partial charge in [0.2, 0.25) is 0 Å². The summed E-state index contributed by atoms with van der Waals surface area (Å²) in [7, 11) is 0. The van der Waals surface area contributed by atoms with Crippen LogP contribution in [0.25, 0.3) is 0 Å². The fraction of sp³-hybridized carbons (Fsp3) is 0.714. The molecule has 0 heterocycles. The molecular weight excluding hydrogens is 227 g/mol. The number of aliphatic hydroxyl groups is 1. The molecule has 9 heavy (non-hydrogen) atoms. The van der Waals surface area contributed by atoms with Gasteiger partial charge in [-0.2, -0.15) is 0 Å². The van der Waals surface area contributed by atoms with Gasteiger partial charge in [0.15, 0.2) is 0 Å². The molecule has 0 saturated heterocycles. The first-order valence-corrected chi connectivity index (χ1v) is 4.50. The molecule has 2 heteroatoms. The molecule has 0 aromatic heterocycles. The van der Waals surface area contributed by atoms with Crippen LogP contribution in [0.5, 0.6) is 0 Å². The lowest BCUT2D eigenvalue weighted by molar-refractivity contribution is 0.209. The highest BCUT2D eigenvalue weighted by Gasteiger charge is 1.94. The number of hydrogen-bond acceptors (Lipinski definition) is 1. The van der Waals surface area contributed by atoms with Crippen molar-refractivity contribution < 1.29 is 5.11 Å². The highest BCUT2D eigenvalue weighted by molar-refractivity contribution is 14.1. The van der Waals surface area contributed by atoms with Gasteiger partial charge in [0.25, 0.3) is 0 Å². The molecule has 0 aromatic rings. The molecule has 1 unspecified atom stereocenters. The van der Waals surface area contributed by atoms with Crippen LogP contribution in [-0.2, 0) is 0 Å². The second-order valence-corrected chi connectivity index (χ2v) is 2.75. The van der Waals surface area contributed by atoms with Crippen molar-refractivity contribution >= 4 is 22.6 Å². The molecule has 0 aliphatic rings. The Kier molecular flexibility index (Phi) is 6.86. The van der Waals surface area contributed by atoms with E-state index in [1.807, 2.05) is 10.2 Å². The Hall–Kier alpha value is 0.430. The molecule has 1 N–H and O–H groups in total. The maximum atomic E-state index is 9.09. The average Bonchev–Trinajstić information content (AvgIpc) is 1.85. The van der Waals surface area contributed by atoms with Crippen molar-refractivity contribution in [2.75, 3.05) is 0 Å². The maximum absolute atomic E-state index is 9.09. The summed E-state index contributed by atoms with van der Waals surface area (Å²) in [5.41, 5.74) is 0. The zero-order valence-corrected chi connectivity index (χ0v) is 7.84. The molecule has 1 nitrogen and oxygen atoms in total. The topological polar surface area (TPSA) is 20.2 Å². The minimum Gasteiger partial charge on any atom is -0.389 e.